The molecule has 0 fully saturated rings. The fraction of sp³-hybridized carbons (Fsp3) is 0.235. The summed E-state index contributed by atoms with van der Waals surface area (Å²) in [5.41, 5.74) is 0.934. The van der Waals surface area contributed by atoms with Gasteiger partial charge in [0.15, 0.2) is 0 Å². The lowest BCUT2D eigenvalue weighted by Gasteiger charge is -2.16. The van der Waals surface area contributed by atoms with Crippen molar-refractivity contribution in [2.45, 2.75) is 19.4 Å². The van der Waals surface area contributed by atoms with Gasteiger partial charge in [0.05, 0.1) is 19.6 Å². The average molecular weight is 346 g/mol. The quantitative estimate of drug-likeness (QED) is 0.788. The van der Waals surface area contributed by atoms with Crippen molar-refractivity contribution < 1.29 is 19.1 Å². The molecule has 0 aliphatic carbocycles. The summed E-state index contributed by atoms with van der Waals surface area (Å²) in [7, 11) is 1.31. The van der Waals surface area contributed by atoms with Gasteiger partial charge >= 0.3 is 5.97 Å². The fourth-order valence-electron chi connectivity index (χ4n) is 2.15. The highest BCUT2D eigenvalue weighted by molar-refractivity contribution is 7.10. The predicted molar refractivity (Wildman–Crippen MR) is 91.9 cm³/mol. The molecule has 2 amide bonds. The van der Waals surface area contributed by atoms with E-state index in [4.69, 9.17) is 4.74 Å². The molecule has 1 atom stereocenters. The Labute approximate surface area is 143 Å². The number of thiophene rings is 1. The molecule has 126 valence electrons. The van der Waals surface area contributed by atoms with E-state index in [2.05, 4.69) is 10.6 Å². The van der Waals surface area contributed by atoms with Crippen LogP contribution in [0.25, 0.3) is 0 Å². The molecule has 0 saturated carbocycles. The van der Waals surface area contributed by atoms with Gasteiger partial charge in [-0.2, -0.15) is 0 Å². The molecular weight excluding hydrogens is 328 g/mol. The molecule has 0 aliphatic heterocycles. The Kier molecular flexibility index (Phi) is 6.08. The number of esters is 1. The van der Waals surface area contributed by atoms with Gasteiger partial charge < -0.3 is 15.4 Å². The highest BCUT2D eigenvalue weighted by Crippen LogP contribution is 2.23. The van der Waals surface area contributed by atoms with Crippen molar-refractivity contribution in [1.82, 2.24) is 5.32 Å². The van der Waals surface area contributed by atoms with Gasteiger partial charge in [0.1, 0.15) is 0 Å². The Morgan fingerprint density at radius 1 is 1.21 bits per heavy atom. The van der Waals surface area contributed by atoms with Crippen molar-refractivity contribution in [3.63, 3.8) is 0 Å². The van der Waals surface area contributed by atoms with Crippen LogP contribution in [0.1, 0.15) is 34.6 Å². The van der Waals surface area contributed by atoms with E-state index in [0.717, 1.165) is 4.88 Å². The smallest absolute Gasteiger partial charge is 0.307 e. The summed E-state index contributed by atoms with van der Waals surface area (Å²) in [6.07, 6.45) is 0.0497. The van der Waals surface area contributed by atoms with Crippen LogP contribution in [0, 0.1) is 0 Å². The van der Waals surface area contributed by atoms with Gasteiger partial charge in [-0.3, -0.25) is 14.4 Å². The number of anilines is 1. The maximum absolute atomic E-state index is 12.5. The van der Waals surface area contributed by atoms with Crippen LogP contribution >= 0.6 is 11.3 Å². The third-order valence-electron chi connectivity index (χ3n) is 3.24. The fourth-order valence-corrected chi connectivity index (χ4v) is 2.92. The van der Waals surface area contributed by atoms with Crippen LogP contribution in [0.15, 0.2) is 41.8 Å². The molecule has 7 heteroatoms. The zero-order valence-corrected chi connectivity index (χ0v) is 14.2. The van der Waals surface area contributed by atoms with E-state index in [1.807, 2.05) is 17.5 Å². The maximum Gasteiger partial charge on any atom is 0.307 e. The number of ether oxygens (including phenoxy) is 1. The summed E-state index contributed by atoms with van der Waals surface area (Å²) in [6, 6.07) is 9.85. The van der Waals surface area contributed by atoms with Crippen molar-refractivity contribution >= 4 is 34.8 Å². The topological polar surface area (TPSA) is 84.5 Å². The maximum atomic E-state index is 12.5. The van der Waals surface area contributed by atoms with E-state index in [1.54, 1.807) is 24.3 Å². The Hall–Kier alpha value is -2.67. The number of hydrogen-bond donors (Lipinski definition) is 2. The van der Waals surface area contributed by atoms with Gasteiger partial charge in [-0.25, -0.2) is 0 Å². The number of amides is 2. The molecule has 6 nitrogen and oxygen atoms in total. The van der Waals surface area contributed by atoms with Crippen LogP contribution in [-0.4, -0.2) is 24.9 Å². The van der Waals surface area contributed by atoms with E-state index >= 15 is 0 Å². The third-order valence-corrected chi connectivity index (χ3v) is 4.22. The van der Waals surface area contributed by atoms with E-state index < -0.39 is 12.0 Å². The Balaban J connectivity index is 2.15. The van der Waals surface area contributed by atoms with Crippen molar-refractivity contribution in [2.75, 3.05) is 12.4 Å². The first kappa shape index (κ1) is 17.7. The van der Waals surface area contributed by atoms with Gasteiger partial charge in [0.2, 0.25) is 5.91 Å². The van der Waals surface area contributed by atoms with E-state index in [1.165, 1.54) is 25.4 Å². The molecule has 1 aromatic heterocycles. The second kappa shape index (κ2) is 8.26. The van der Waals surface area contributed by atoms with Crippen molar-refractivity contribution in [3.8, 4) is 0 Å². The molecular formula is C17H18N2O4S. The first-order valence-corrected chi connectivity index (χ1v) is 8.16. The van der Waals surface area contributed by atoms with Crippen LogP contribution in [-0.2, 0) is 14.3 Å². The summed E-state index contributed by atoms with van der Waals surface area (Å²) in [5, 5.41) is 7.35. The van der Waals surface area contributed by atoms with Crippen LogP contribution in [0.3, 0.4) is 0 Å². The van der Waals surface area contributed by atoms with Gasteiger partial charge in [0.25, 0.3) is 5.91 Å². The Morgan fingerprint density at radius 2 is 2.00 bits per heavy atom. The second-order valence-electron chi connectivity index (χ2n) is 5.08. The number of carbonyl (C=O) groups is 3. The van der Waals surface area contributed by atoms with Gasteiger partial charge in [-0.15, -0.1) is 11.3 Å². The molecule has 0 spiro atoms. The molecule has 1 heterocycles. The van der Waals surface area contributed by atoms with Crippen molar-refractivity contribution in [1.29, 1.82) is 0 Å². The zero-order chi connectivity index (χ0) is 17.5. The minimum Gasteiger partial charge on any atom is -0.469 e. The second-order valence-corrected chi connectivity index (χ2v) is 6.06. The minimum absolute atomic E-state index is 0.0497. The monoisotopic (exact) mass is 346 g/mol. The van der Waals surface area contributed by atoms with Crippen LogP contribution in [0.2, 0.25) is 0 Å². The Morgan fingerprint density at radius 3 is 2.62 bits per heavy atom. The highest BCUT2D eigenvalue weighted by Gasteiger charge is 2.20. The van der Waals surface area contributed by atoms with E-state index in [9.17, 15) is 14.4 Å². The van der Waals surface area contributed by atoms with Crippen molar-refractivity contribution in [2.24, 2.45) is 0 Å². The zero-order valence-electron chi connectivity index (χ0n) is 13.4. The Bertz CT molecular complexity index is 728. The SMILES string of the molecule is COC(=O)C[C@H](NC(=O)c1cccc(NC(C)=O)c1)c1cccs1. The van der Waals surface area contributed by atoms with Gasteiger partial charge in [-0.05, 0) is 29.6 Å². The summed E-state index contributed by atoms with van der Waals surface area (Å²) in [4.78, 5) is 36.1. The van der Waals surface area contributed by atoms with Crippen molar-refractivity contribution in [3.05, 3.63) is 52.2 Å². The van der Waals surface area contributed by atoms with Gasteiger partial charge in [-0.1, -0.05) is 12.1 Å². The van der Waals surface area contributed by atoms with Crippen LogP contribution < -0.4 is 10.6 Å². The number of carbonyl (C=O) groups excluding carboxylic acids is 3. The van der Waals surface area contributed by atoms with E-state index in [0.29, 0.717) is 11.3 Å². The lowest BCUT2D eigenvalue weighted by Crippen LogP contribution is -2.30. The normalized spacial score (nSPS) is 11.4. The minimum atomic E-state index is -0.464. The largest absolute Gasteiger partial charge is 0.469 e. The molecule has 0 saturated heterocycles. The molecule has 2 N–H and O–H groups in total. The molecule has 2 rings (SSSR count). The summed E-state index contributed by atoms with van der Waals surface area (Å²) < 4.78 is 4.70. The first-order valence-electron chi connectivity index (χ1n) is 7.28. The molecule has 0 radical (unpaired) electrons. The number of benzene rings is 1. The molecule has 0 bridgehead atoms. The standard InChI is InChI=1S/C17H18N2O4S/c1-11(20)18-13-6-3-5-12(9-13)17(22)19-14(10-16(21)23-2)15-7-4-8-24-15/h3-9,14H,10H2,1-2H3,(H,18,20)(H,19,22)/t14-/m0/s1. The van der Waals surface area contributed by atoms with Crippen LogP contribution in [0.4, 0.5) is 5.69 Å². The lowest BCUT2D eigenvalue weighted by molar-refractivity contribution is -0.141. The number of hydrogen-bond acceptors (Lipinski definition) is 5. The third kappa shape index (κ3) is 4.92. The molecule has 24 heavy (non-hydrogen) atoms. The summed E-state index contributed by atoms with van der Waals surface area (Å²) in [5.74, 6) is -0.945. The number of rotatable bonds is 6. The van der Waals surface area contributed by atoms with Gasteiger partial charge in [0, 0.05) is 23.1 Å². The molecule has 2 aromatic rings. The lowest BCUT2D eigenvalue weighted by atomic mass is 10.1. The highest BCUT2D eigenvalue weighted by atomic mass is 32.1. The number of methoxy groups -OCH3 is 1. The van der Waals surface area contributed by atoms with Crippen LogP contribution in [0.5, 0.6) is 0 Å². The molecule has 0 aliphatic rings. The molecule has 0 unspecified atom stereocenters. The molecule has 1 aromatic carbocycles. The number of nitrogens with one attached hydrogen (secondary N) is 2. The summed E-state index contributed by atoms with van der Waals surface area (Å²) >= 11 is 1.45. The average Bonchev–Trinajstić information content (AvgIpc) is 3.08. The van der Waals surface area contributed by atoms with E-state index in [-0.39, 0.29) is 18.2 Å². The predicted octanol–water partition coefficient (Wildman–Crippen LogP) is 2.74. The first-order chi connectivity index (χ1) is 11.5. The summed E-state index contributed by atoms with van der Waals surface area (Å²) in [6.45, 7) is 1.40.